The lowest BCUT2D eigenvalue weighted by Gasteiger charge is -2.20. The minimum absolute atomic E-state index is 0. The molecule has 2 heterocycles. The summed E-state index contributed by atoms with van der Waals surface area (Å²) in [6.07, 6.45) is -4.66. The zero-order valence-corrected chi connectivity index (χ0v) is 15.9. The maximum atomic E-state index is 12.0. The lowest BCUT2D eigenvalue weighted by molar-refractivity contribution is -0.142. The van der Waals surface area contributed by atoms with E-state index in [0.29, 0.717) is 0 Å². The van der Waals surface area contributed by atoms with Crippen LogP contribution >= 0.6 is 7.75 Å². The fraction of sp³-hybridized carbons (Fsp3) is 0.615. The van der Waals surface area contributed by atoms with Gasteiger partial charge in [0.25, 0.3) is 5.56 Å². The van der Waals surface area contributed by atoms with Crippen LogP contribution in [0.2, 0.25) is 0 Å². The molecule has 2 rings (SSSR count). The monoisotopic (exact) mass is 426 g/mol. The fourth-order valence-corrected chi connectivity index (χ4v) is 3.43. The summed E-state index contributed by atoms with van der Waals surface area (Å²) in [5.41, 5.74) is -1.53. The number of hydrogen-bond donors (Lipinski definition) is 6. The molecule has 160 valence electrons. The molecule has 1 aliphatic heterocycles. The number of aliphatic hydroxyl groups excluding tert-OH is 2. The zero-order chi connectivity index (χ0) is 20.4. The Morgan fingerprint density at radius 1 is 1.43 bits per heavy atom. The molecule has 28 heavy (non-hydrogen) atoms. The molecule has 0 bridgehead atoms. The first-order chi connectivity index (χ1) is 12.6. The van der Waals surface area contributed by atoms with Gasteiger partial charge in [-0.2, -0.15) is 0 Å². The molecule has 0 saturated carbocycles. The number of rotatable bonds is 7. The Morgan fingerprint density at radius 3 is 2.64 bits per heavy atom. The SMILES string of the molecule is COC(=O)[C@H](C)NP(=O)(O)OC[C@H]1O[C@@H](n2ccc(=O)[nH]c2=O)[C@H](O)[C@@H]1O.N. The summed E-state index contributed by atoms with van der Waals surface area (Å²) < 4.78 is 27.3. The number of methoxy groups -OCH3 is 1. The molecule has 1 aromatic rings. The summed E-state index contributed by atoms with van der Waals surface area (Å²) in [7, 11) is -3.36. The molecular weight excluding hydrogens is 403 g/mol. The van der Waals surface area contributed by atoms with Crippen molar-refractivity contribution in [2.24, 2.45) is 0 Å². The number of esters is 1. The Labute approximate surface area is 158 Å². The van der Waals surface area contributed by atoms with Gasteiger partial charge in [0, 0.05) is 12.3 Å². The van der Waals surface area contributed by atoms with Gasteiger partial charge in [0.2, 0.25) is 0 Å². The standard InChI is InChI=1S/C13H20N3O10P.H3N/c1-6(12(20)24-2)15-27(22,23)25-5-7-9(18)10(19)11(26-7)16-4-3-8(17)14-13(16)21;/h3-4,6-7,9-11,18-19H,5H2,1-2H3,(H,14,17,21)(H2,15,22,23);1H3/t6-,7+,9+,10+,11+;/m0./s1. The summed E-state index contributed by atoms with van der Waals surface area (Å²) in [5, 5.41) is 22.1. The van der Waals surface area contributed by atoms with Crippen LogP contribution in [0.25, 0.3) is 0 Å². The van der Waals surface area contributed by atoms with E-state index in [1.807, 2.05) is 10.1 Å². The zero-order valence-electron chi connectivity index (χ0n) is 15.0. The molecule has 0 radical (unpaired) electrons. The number of ether oxygens (including phenoxy) is 2. The second-order valence-electron chi connectivity index (χ2n) is 5.75. The average Bonchev–Trinajstić information content (AvgIpc) is 2.87. The van der Waals surface area contributed by atoms with Crippen LogP contribution in [0.15, 0.2) is 21.9 Å². The minimum atomic E-state index is -4.46. The van der Waals surface area contributed by atoms with E-state index in [1.54, 1.807) is 0 Å². The van der Waals surface area contributed by atoms with Crippen LogP contribution in [0.1, 0.15) is 13.2 Å². The summed E-state index contributed by atoms with van der Waals surface area (Å²) in [6, 6.07) is -0.119. The number of carbonyl (C=O) groups excluding carboxylic acids is 1. The first kappa shape index (κ1) is 24.1. The van der Waals surface area contributed by atoms with Crippen molar-refractivity contribution in [3.63, 3.8) is 0 Å². The molecule has 0 aromatic carbocycles. The van der Waals surface area contributed by atoms with Crippen molar-refractivity contribution in [2.75, 3.05) is 13.7 Å². The van der Waals surface area contributed by atoms with Crippen molar-refractivity contribution in [1.82, 2.24) is 20.8 Å². The van der Waals surface area contributed by atoms with Crippen molar-refractivity contribution >= 4 is 13.7 Å². The van der Waals surface area contributed by atoms with E-state index in [1.165, 1.54) is 6.92 Å². The molecule has 1 aromatic heterocycles. The largest absolute Gasteiger partial charge is 0.468 e. The molecule has 1 saturated heterocycles. The van der Waals surface area contributed by atoms with Gasteiger partial charge < -0.3 is 30.7 Å². The molecule has 6 atom stereocenters. The normalized spacial score (nSPS) is 27.5. The van der Waals surface area contributed by atoms with Gasteiger partial charge in [-0.25, -0.2) is 14.4 Å². The van der Waals surface area contributed by atoms with Crippen LogP contribution in [-0.4, -0.2) is 68.7 Å². The molecule has 1 unspecified atom stereocenters. The summed E-state index contributed by atoms with van der Waals surface area (Å²) in [6.45, 7) is 0.642. The number of nitrogens with zero attached hydrogens (tertiary/aromatic N) is 1. The minimum Gasteiger partial charge on any atom is -0.468 e. The number of aromatic amines is 1. The second-order valence-corrected chi connectivity index (χ2v) is 7.31. The quantitative estimate of drug-likeness (QED) is 0.198. The van der Waals surface area contributed by atoms with Crippen molar-refractivity contribution in [2.45, 2.75) is 37.5 Å². The van der Waals surface area contributed by atoms with Gasteiger partial charge in [0.15, 0.2) is 6.23 Å². The maximum Gasteiger partial charge on any atom is 0.403 e. The van der Waals surface area contributed by atoms with Gasteiger partial charge in [-0.15, -0.1) is 0 Å². The Balaban J connectivity index is 0.00000392. The highest BCUT2D eigenvalue weighted by Gasteiger charge is 2.45. The molecule has 1 fully saturated rings. The first-order valence-corrected chi connectivity index (χ1v) is 9.29. The smallest absolute Gasteiger partial charge is 0.403 e. The lowest BCUT2D eigenvalue weighted by atomic mass is 10.1. The average molecular weight is 426 g/mol. The van der Waals surface area contributed by atoms with Gasteiger partial charge in [-0.3, -0.25) is 23.7 Å². The van der Waals surface area contributed by atoms with Gasteiger partial charge >= 0.3 is 19.4 Å². The molecule has 15 heteroatoms. The molecule has 0 aliphatic carbocycles. The number of hydrogen-bond acceptors (Lipinski definition) is 10. The molecular formula is C13H23N4O10P. The van der Waals surface area contributed by atoms with Gasteiger partial charge in [0.05, 0.1) is 13.7 Å². The number of carbonyl (C=O) groups is 1. The Bertz CT molecular complexity index is 841. The third-order valence-corrected chi connectivity index (χ3v) is 5.00. The number of aromatic nitrogens is 2. The topological polar surface area (TPSA) is 224 Å². The van der Waals surface area contributed by atoms with Crippen LogP contribution in [0, 0.1) is 0 Å². The van der Waals surface area contributed by atoms with Crippen LogP contribution in [-0.2, 0) is 23.4 Å². The number of aliphatic hydroxyl groups is 2. The molecule has 0 spiro atoms. The highest BCUT2D eigenvalue weighted by Crippen LogP contribution is 2.39. The fourth-order valence-electron chi connectivity index (χ4n) is 2.41. The highest BCUT2D eigenvalue weighted by atomic mass is 31.2. The number of H-pyrrole nitrogens is 1. The van der Waals surface area contributed by atoms with Gasteiger partial charge in [0.1, 0.15) is 24.4 Å². The van der Waals surface area contributed by atoms with Gasteiger partial charge in [-0.05, 0) is 6.92 Å². The third-order valence-electron chi connectivity index (χ3n) is 3.79. The summed E-state index contributed by atoms with van der Waals surface area (Å²) in [4.78, 5) is 45.8. The van der Waals surface area contributed by atoms with Crippen molar-refractivity contribution in [1.29, 1.82) is 0 Å². The first-order valence-electron chi connectivity index (χ1n) is 7.71. The Hall–Kier alpha value is -1.90. The van der Waals surface area contributed by atoms with Crippen molar-refractivity contribution in [3.05, 3.63) is 33.1 Å². The summed E-state index contributed by atoms with van der Waals surface area (Å²) >= 11 is 0. The van der Waals surface area contributed by atoms with E-state index in [-0.39, 0.29) is 6.15 Å². The van der Waals surface area contributed by atoms with E-state index in [2.05, 4.69) is 4.74 Å². The van der Waals surface area contributed by atoms with Crippen molar-refractivity contribution in [3.8, 4) is 0 Å². The van der Waals surface area contributed by atoms with Gasteiger partial charge in [-0.1, -0.05) is 0 Å². The predicted molar refractivity (Wildman–Crippen MR) is 92.7 cm³/mol. The van der Waals surface area contributed by atoms with Crippen LogP contribution in [0.3, 0.4) is 0 Å². The highest BCUT2D eigenvalue weighted by molar-refractivity contribution is 7.50. The molecule has 8 N–H and O–H groups in total. The van der Waals surface area contributed by atoms with E-state index in [4.69, 9.17) is 9.26 Å². The van der Waals surface area contributed by atoms with Crippen LogP contribution < -0.4 is 22.5 Å². The van der Waals surface area contributed by atoms with E-state index in [9.17, 15) is 34.1 Å². The molecule has 14 nitrogen and oxygen atoms in total. The Kier molecular flexibility index (Phi) is 8.22. The number of nitrogens with one attached hydrogen (secondary N) is 2. The lowest BCUT2D eigenvalue weighted by Crippen LogP contribution is -2.38. The third kappa shape index (κ3) is 5.56. The van der Waals surface area contributed by atoms with Crippen molar-refractivity contribution < 1.29 is 38.5 Å². The van der Waals surface area contributed by atoms with Crippen LogP contribution in [0.4, 0.5) is 0 Å². The Morgan fingerprint density at radius 2 is 2.07 bits per heavy atom. The van der Waals surface area contributed by atoms with E-state index in [0.717, 1.165) is 23.9 Å². The van der Waals surface area contributed by atoms with Crippen LogP contribution in [0.5, 0.6) is 0 Å². The second kappa shape index (κ2) is 9.54. The molecule has 0 amide bonds. The van der Waals surface area contributed by atoms with E-state index < -0.39 is 62.2 Å². The molecule has 1 aliphatic rings. The maximum absolute atomic E-state index is 12.0. The summed E-state index contributed by atoms with van der Waals surface area (Å²) in [5.74, 6) is -0.794. The predicted octanol–water partition coefficient (Wildman–Crippen LogP) is -2.41. The van der Waals surface area contributed by atoms with E-state index >= 15 is 0 Å².